The lowest BCUT2D eigenvalue weighted by Crippen LogP contribution is -2.29. The van der Waals surface area contributed by atoms with Gasteiger partial charge >= 0.3 is 0 Å². The lowest BCUT2D eigenvalue weighted by Gasteiger charge is -2.12. The number of ether oxygens (including phenoxy) is 2. The molecule has 28 heavy (non-hydrogen) atoms. The monoisotopic (exact) mass is 378 g/mol. The van der Waals surface area contributed by atoms with Crippen LogP contribution in [0.3, 0.4) is 0 Å². The molecule has 0 saturated heterocycles. The van der Waals surface area contributed by atoms with E-state index in [1.54, 1.807) is 31.5 Å². The number of carbonyl (C=O) groups is 1. The van der Waals surface area contributed by atoms with Crippen LogP contribution in [0.2, 0.25) is 0 Å². The van der Waals surface area contributed by atoms with Crippen LogP contribution in [0.15, 0.2) is 65.6 Å². The first kappa shape index (κ1) is 19.2. The molecular formula is C22H22N2O4. The number of anilines is 1. The predicted molar refractivity (Wildman–Crippen MR) is 108 cm³/mol. The van der Waals surface area contributed by atoms with E-state index >= 15 is 0 Å². The number of benzene rings is 2. The number of nitrogens with zero attached hydrogens (tertiary/aromatic N) is 1. The molecule has 1 heterocycles. The molecule has 3 aromatic rings. The van der Waals surface area contributed by atoms with Crippen LogP contribution >= 0.6 is 0 Å². The average Bonchev–Trinajstić information content (AvgIpc) is 2.70. The minimum absolute atomic E-state index is 0.0638. The highest BCUT2D eigenvalue weighted by Crippen LogP contribution is 2.25. The largest absolute Gasteiger partial charge is 0.497 e. The van der Waals surface area contributed by atoms with Crippen LogP contribution < -0.4 is 20.3 Å². The summed E-state index contributed by atoms with van der Waals surface area (Å²) in [5, 5.41) is 2.77. The second kappa shape index (κ2) is 8.43. The second-order valence-corrected chi connectivity index (χ2v) is 6.36. The molecule has 144 valence electrons. The molecule has 1 aromatic heterocycles. The Hall–Kier alpha value is -3.54. The first-order chi connectivity index (χ1) is 13.5. The van der Waals surface area contributed by atoms with Crippen molar-refractivity contribution in [2.24, 2.45) is 0 Å². The minimum atomic E-state index is -0.478. The van der Waals surface area contributed by atoms with Gasteiger partial charge in [-0.2, -0.15) is 0 Å². The van der Waals surface area contributed by atoms with E-state index in [9.17, 15) is 9.59 Å². The standard InChI is InChI=1S/C22H22N2O4/c1-15-9-10-20(28-3)19(12-15)23-21(25)18-8-5-11-24(22(18)26)14-16-6-4-7-17(13-16)27-2/h4-13H,14H2,1-3H3,(H,23,25). The zero-order valence-electron chi connectivity index (χ0n) is 16.1. The van der Waals surface area contributed by atoms with Gasteiger partial charge in [-0.3, -0.25) is 9.59 Å². The second-order valence-electron chi connectivity index (χ2n) is 6.36. The van der Waals surface area contributed by atoms with Crippen molar-refractivity contribution in [2.75, 3.05) is 19.5 Å². The van der Waals surface area contributed by atoms with Crippen molar-refractivity contribution in [3.05, 3.63) is 87.8 Å². The van der Waals surface area contributed by atoms with Gasteiger partial charge in [-0.15, -0.1) is 0 Å². The van der Waals surface area contributed by atoms with E-state index in [0.29, 0.717) is 23.7 Å². The summed E-state index contributed by atoms with van der Waals surface area (Å²) in [5.74, 6) is 0.770. The predicted octanol–water partition coefficient (Wildman–Crippen LogP) is 3.47. The maximum absolute atomic E-state index is 12.8. The number of hydrogen-bond donors (Lipinski definition) is 1. The van der Waals surface area contributed by atoms with Gasteiger partial charge in [0, 0.05) is 6.20 Å². The number of hydrogen-bond acceptors (Lipinski definition) is 4. The molecule has 0 aliphatic carbocycles. The average molecular weight is 378 g/mol. The Morgan fingerprint density at radius 3 is 2.61 bits per heavy atom. The van der Waals surface area contributed by atoms with Crippen molar-refractivity contribution in [1.82, 2.24) is 4.57 Å². The van der Waals surface area contributed by atoms with Crippen LogP contribution in [0.4, 0.5) is 5.69 Å². The van der Waals surface area contributed by atoms with Gasteiger partial charge in [0.15, 0.2) is 0 Å². The molecule has 0 aliphatic heterocycles. The minimum Gasteiger partial charge on any atom is -0.497 e. The summed E-state index contributed by atoms with van der Waals surface area (Å²) >= 11 is 0. The maximum Gasteiger partial charge on any atom is 0.263 e. The summed E-state index contributed by atoms with van der Waals surface area (Å²) in [7, 11) is 3.12. The van der Waals surface area contributed by atoms with Crippen LogP contribution in [0.1, 0.15) is 21.5 Å². The summed E-state index contributed by atoms with van der Waals surface area (Å²) in [6, 6.07) is 16.1. The lowest BCUT2D eigenvalue weighted by molar-refractivity contribution is 0.102. The number of amides is 1. The zero-order valence-corrected chi connectivity index (χ0v) is 16.1. The number of methoxy groups -OCH3 is 2. The molecule has 1 N–H and O–H groups in total. The molecule has 0 fully saturated rings. The third-order valence-corrected chi connectivity index (χ3v) is 4.36. The fourth-order valence-corrected chi connectivity index (χ4v) is 2.91. The summed E-state index contributed by atoms with van der Waals surface area (Å²) in [6.07, 6.45) is 1.66. The normalized spacial score (nSPS) is 10.4. The quantitative estimate of drug-likeness (QED) is 0.713. The Morgan fingerprint density at radius 2 is 1.86 bits per heavy atom. The smallest absolute Gasteiger partial charge is 0.263 e. The Bertz CT molecular complexity index is 1060. The van der Waals surface area contributed by atoms with Gasteiger partial charge in [0.1, 0.15) is 17.1 Å². The van der Waals surface area contributed by atoms with Crippen molar-refractivity contribution in [2.45, 2.75) is 13.5 Å². The molecular weight excluding hydrogens is 356 g/mol. The van der Waals surface area contributed by atoms with E-state index in [0.717, 1.165) is 11.1 Å². The van der Waals surface area contributed by atoms with Gasteiger partial charge in [-0.25, -0.2) is 0 Å². The van der Waals surface area contributed by atoms with E-state index in [1.165, 1.54) is 17.7 Å². The van der Waals surface area contributed by atoms with Crippen molar-refractivity contribution < 1.29 is 14.3 Å². The first-order valence-electron chi connectivity index (χ1n) is 8.80. The third kappa shape index (κ3) is 4.23. The zero-order chi connectivity index (χ0) is 20.1. The number of rotatable bonds is 6. The van der Waals surface area contributed by atoms with E-state index in [1.807, 2.05) is 37.3 Å². The molecule has 0 radical (unpaired) electrons. The summed E-state index contributed by atoms with van der Waals surface area (Å²) in [4.78, 5) is 25.5. The Labute approximate surface area is 163 Å². The molecule has 0 atom stereocenters. The number of carbonyl (C=O) groups excluding carboxylic acids is 1. The van der Waals surface area contributed by atoms with Gasteiger partial charge in [0.05, 0.1) is 26.5 Å². The summed E-state index contributed by atoms with van der Waals surface area (Å²) in [6.45, 7) is 2.25. The molecule has 0 bridgehead atoms. The molecule has 0 unspecified atom stereocenters. The third-order valence-electron chi connectivity index (χ3n) is 4.36. The van der Waals surface area contributed by atoms with Crippen LogP contribution in [-0.4, -0.2) is 24.7 Å². The number of aromatic nitrogens is 1. The van der Waals surface area contributed by atoms with E-state index < -0.39 is 5.91 Å². The van der Waals surface area contributed by atoms with Gasteiger partial charge < -0.3 is 19.4 Å². The lowest BCUT2D eigenvalue weighted by atomic mass is 10.2. The van der Waals surface area contributed by atoms with Crippen molar-refractivity contribution in [3.63, 3.8) is 0 Å². The van der Waals surface area contributed by atoms with Crippen molar-refractivity contribution in [3.8, 4) is 11.5 Å². The SMILES string of the molecule is COc1cccc(Cn2cccc(C(=O)Nc3cc(C)ccc3OC)c2=O)c1. The van der Waals surface area contributed by atoms with E-state index in [-0.39, 0.29) is 11.1 Å². The van der Waals surface area contributed by atoms with Gasteiger partial charge in [-0.05, 0) is 54.4 Å². The van der Waals surface area contributed by atoms with Crippen molar-refractivity contribution in [1.29, 1.82) is 0 Å². The van der Waals surface area contributed by atoms with Gasteiger partial charge in [0.2, 0.25) is 0 Å². The molecule has 0 spiro atoms. The number of aryl methyl sites for hydroxylation is 1. The Balaban J connectivity index is 1.87. The summed E-state index contributed by atoms with van der Waals surface area (Å²) < 4.78 is 12.0. The van der Waals surface area contributed by atoms with Crippen molar-refractivity contribution >= 4 is 11.6 Å². The molecule has 2 aromatic carbocycles. The van der Waals surface area contributed by atoms with Crippen LogP contribution in [0.25, 0.3) is 0 Å². The van der Waals surface area contributed by atoms with E-state index in [4.69, 9.17) is 9.47 Å². The highest BCUT2D eigenvalue weighted by Gasteiger charge is 2.15. The molecule has 0 aliphatic rings. The number of pyridine rings is 1. The fraction of sp³-hybridized carbons (Fsp3) is 0.182. The molecule has 3 rings (SSSR count). The molecule has 1 amide bonds. The molecule has 6 heteroatoms. The van der Waals surface area contributed by atoms with Crippen LogP contribution in [-0.2, 0) is 6.54 Å². The van der Waals surface area contributed by atoms with Gasteiger partial charge in [-0.1, -0.05) is 18.2 Å². The van der Waals surface area contributed by atoms with E-state index in [2.05, 4.69) is 5.32 Å². The maximum atomic E-state index is 12.8. The Morgan fingerprint density at radius 1 is 1.04 bits per heavy atom. The summed E-state index contributed by atoms with van der Waals surface area (Å²) in [5.41, 5.74) is 2.09. The Kier molecular flexibility index (Phi) is 5.79. The number of nitrogens with one attached hydrogen (secondary N) is 1. The molecule has 0 saturated carbocycles. The first-order valence-corrected chi connectivity index (χ1v) is 8.80. The highest BCUT2D eigenvalue weighted by molar-refractivity contribution is 6.04. The topological polar surface area (TPSA) is 69.6 Å². The van der Waals surface area contributed by atoms with Gasteiger partial charge in [0.25, 0.3) is 11.5 Å². The van der Waals surface area contributed by atoms with Crippen LogP contribution in [0.5, 0.6) is 11.5 Å². The van der Waals surface area contributed by atoms with Crippen LogP contribution in [0, 0.1) is 6.92 Å². The fourth-order valence-electron chi connectivity index (χ4n) is 2.91. The highest BCUT2D eigenvalue weighted by atomic mass is 16.5. The molecule has 6 nitrogen and oxygen atoms in total.